The first kappa shape index (κ1) is 17.3. The Bertz CT molecular complexity index is 1550. The summed E-state index contributed by atoms with van der Waals surface area (Å²) in [6.45, 7) is 0.557. The highest BCUT2D eigenvalue weighted by molar-refractivity contribution is 9.10. The van der Waals surface area contributed by atoms with Crippen molar-refractivity contribution in [2.45, 2.75) is 6.54 Å². The van der Waals surface area contributed by atoms with Crippen LogP contribution >= 0.6 is 15.9 Å². The first-order chi connectivity index (χ1) is 14.8. The molecule has 0 amide bonds. The van der Waals surface area contributed by atoms with E-state index in [1.54, 1.807) is 4.68 Å². The largest absolute Gasteiger partial charge is 0.318 e. The molecule has 0 unspecified atom stereocenters. The molecule has 0 spiro atoms. The van der Waals surface area contributed by atoms with Gasteiger partial charge in [-0.25, -0.2) is 14.6 Å². The summed E-state index contributed by atoms with van der Waals surface area (Å²) >= 11 is 3.58. The molecule has 3 aromatic carbocycles. The van der Waals surface area contributed by atoms with Gasteiger partial charge in [0.1, 0.15) is 11.2 Å². The van der Waals surface area contributed by atoms with Gasteiger partial charge in [0.15, 0.2) is 5.65 Å². The number of para-hydroxylation sites is 4. The second-order valence-electron chi connectivity index (χ2n) is 7.09. The Labute approximate surface area is 179 Å². The fraction of sp³-hybridized carbons (Fsp3) is 0.0435. The first-order valence-corrected chi connectivity index (χ1v) is 10.4. The SMILES string of the molecule is Brc1ccccc1-n1cc(Cn2c3ccccc3c3nc4ccccc4nc32)nn1. The van der Waals surface area contributed by atoms with Crippen LogP contribution in [0.1, 0.15) is 5.69 Å². The van der Waals surface area contributed by atoms with Crippen LogP contribution < -0.4 is 0 Å². The van der Waals surface area contributed by atoms with E-state index >= 15 is 0 Å². The van der Waals surface area contributed by atoms with E-state index in [1.807, 2.05) is 66.9 Å². The summed E-state index contributed by atoms with van der Waals surface area (Å²) in [5.74, 6) is 0. The number of aromatic nitrogens is 6. The van der Waals surface area contributed by atoms with Crippen molar-refractivity contribution in [1.82, 2.24) is 29.5 Å². The Morgan fingerprint density at radius 3 is 2.40 bits per heavy atom. The maximum absolute atomic E-state index is 4.93. The lowest BCUT2D eigenvalue weighted by Gasteiger charge is -2.05. The van der Waals surface area contributed by atoms with Crippen molar-refractivity contribution in [3.63, 3.8) is 0 Å². The van der Waals surface area contributed by atoms with Crippen LogP contribution in [-0.2, 0) is 6.54 Å². The van der Waals surface area contributed by atoms with E-state index < -0.39 is 0 Å². The van der Waals surface area contributed by atoms with E-state index in [1.165, 1.54) is 0 Å². The van der Waals surface area contributed by atoms with Crippen molar-refractivity contribution >= 4 is 49.0 Å². The Kier molecular flexibility index (Phi) is 3.89. The van der Waals surface area contributed by atoms with Crippen LogP contribution in [0.5, 0.6) is 0 Å². The maximum atomic E-state index is 4.93. The van der Waals surface area contributed by atoms with Gasteiger partial charge in [-0.2, -0.15) is 0 Å². The highest BCUT2D eigenvalue weighted by Gasteiger charge is 2.16. The molecule has 0 fully saturated rings. The zero-order chi connectivity index (χ0) is 20.1. The summed E-state index contributed by atoms with van der Waals surface area (Å²) < 4.78 is 4.92. The fourth-order valence-corrected chi connectivity index (χ4v) is 4.30. The lowest BCUT2D eigenvalue weighted by atomic mass is 10.2. The number of nitrogens with zero attached hydrogens (tertiary/aromatic N) is 6. The van der Waals surface area contributed by atoms with Crippen LogP contribution in [-0.4, -0.2) is 29.5 Å². The van der Waals surface area contributed by atoms with E-state index in [2.05, 4.69) is 42.9 Å². The second-order valence-corrected chi connectivity index (χ2v) is 7.95. The van der Waals surface area contributed by atoms with Gasteiger partial charge in [0.05, 0.1) is 35.0 Å². The predicted molar refractivity (Wildman–Crippen MR) is 121 cm³/mol. The molecule has 0 saturated carbocycles. The van der Waals surface area contributed by atoms with Gasteiger partial charge in [-0.05, 0) is 46.3 Å². The van der Waals surface area contributed by atoms with Crippen molar-refractivity contribution in [2.24, 2.45) is 0 Å². The number of halogens is 1. The van der Waals surface area contributed by atoms with E-state index in [9.17, 15) is 0 Å². The smallest absolute Gasteiger partial charge is 0.160 e. The van der Waals surface area contributed by atoms with Crippen LogP contribution in [0.3, 0.4) is 0 Å². The summed E-state index contributed by atoms with van der Waals surface area (Å²) in [7, 11) is 0. The molecule has 0 aliphatic carbocycles. The molecule has 0 aliphatic rings. The van der Waals surface area contributed by atoms with Crippen molar-refractivity contribution in [3.8, 4) is 5.69 Å². The molecule has 144 valence electrons. The Balaban J connectivity index is 1.52. The van der Waals surface area contributed by atoms with Gasteiger partial charge in [0.2, 0.25) is 0 Å². The van der Waals surface area contributed by atoms with Gasteiger partial charge in [-0.15, -0.1) is 5.10 Å². The molecule has 7 heteroatoms. The van der Waals surface area contributed by atoms with E-state index in [0.29, 0.717) is 6.54 Å². The predicted octanol–water partition coefficient (Wildman–Crippen LogP) is 5.13. The summed E-state index contributed by atoms with van der Waals surface area (Å²) in [4.78, 5) is 9.83. The van der Waals surface area contributed by atoms with Crippen LogP contribution in [0.4, 0.5) is 0 Å². The summed E-state index contributed by atoms with van der Waals surface area (Å²) in [6.07, 6.45) is 1.95. The molecule has 6 nitrogen and oxygen atoms in total. The molecular weight excluding hydrogens is 440 g/mol. The second kappa shape index (κ2) is 6.74. The van der Waals surface area contributed by atoms with Crippen LogP contribution in [0, 0.1) is 0 Å². The average molecular weight is 455 g/mol. The van der Waals surface area contributed by atoms with Gasteiger partial charge in [0, 0.05) is 9.86 Å². The molecular formula is C23H15BrN6. The molecule has 6 rings (SSSR count). The summed E-state index contributed by atoms with van der Waals surface area (Å²) in [6, 6.07) is 24.2. The summed E-state index contributed by atoms with van der Waals surface area (Å²) in [5.41, 5.74) is 6.41. The monoisotopic (exact) mass is 454 g/mol. The van der Waals surface area contributed by atoms with Crippen molar-refractivity contribution in [2.75, 3.05) is 0 Å². The molecule has 6 aromatic rings. The highest BCUT2D eigenvalue weighted by atomic mass is 79.9. The molecule has 3 aromatic heterocycles. The van der Waals surface area contributed by atoms with Gasteiger partial charge in [-0.3, -0.25) is 0 Å². The zero-order valence-corrected chi connectivity index (χ0v) is 17.4. The topological polar surface area (TPSA) is 61.4 Å². The van der Waals surface area contributed by atoms with Crippen LogP contribution in [0.2, 0.25) is 0 Å². The number of benzene rings is 3. The molecule has 0 atom stereocenters. The minimum absolute atomic E-state index is 0.557. The minimum Gasteiger partial charge on any atom is -0.318 e. The third-order valence-corrected chi connectivity index (χ3v) is 5.89. The third-order valence-electron chi connectivity index (χ3n) is 5.22. The number of hydrogen-bond donors (Lipinski definition) is 0. The fourth-order valence-electron chi connectivity index (χ4n) is 3.83. The van der Waals surface area contributed by atoms with E-state index in [4.69, 9.17) is 9.97 Å². The third kappa shape index (κ3) is 2.70. The first-order valence-electron chi connectivity index (χ1n) is 9.58. The molecule has 30 heavy (non-hydrogen) atoms. The van der Waals surface area contributed by atoms with E-state index in [0.717, 1.165) is 49.0 Å². The molecule has 3 heterocycles. The average Bonchev–Trinajstić information content (AvgIpc) is 3.36. The van der Waals surface area contributed by atoms with Crippen molar-refractivity contribution < 1.29 is 0 Å². The van der Waals surface area contributed by atoms with Gasteiger partial charge < -0.3 is 4.57 Å². The van der Waals surface area contributed by atoms with Gasteiger partial charge in [-0.1, -0.05) is 47.7 Å². The molecule has 0 aliphatic heterocycles. The lowest BCUT2D eigenvalue weighted by Crippen LogP contribution is -2.01. The molecule has 0 radical (unpaired) electrons. The Hall–Kier alpha value is -3.58. The van der Waals surface area contributed by atoms with Gasteiger partial charge in [0.25, 0.3) is 0 Å². The van der Waals surface area contributed by atoms with Crippen LogP contribution in [0.15, 0.2) is 83.5 Å². The maximum Gasteiger partial charge on any atom is 0.160 e. The number of hydrogen-bond acceptors (Lipinski definition) is 4. The molecule has 0 saturated heterocycles. The Morgan fingerprint density at radius 2 is 1.53 bits per heavy atom. The summed E-state index contributed by atoms with van der Waals surface area (Å²) in [5, 5.41) is 9.82. The zero-order valence-electron chi connectivity index (χ0n) is 15.8. The van der Waals surface area contributed by atoms with E-state index in [-0.39, 0.29) is 0 Å². The van der Waals surface area contributed by atoms with Gasteiger partial charge >= 0.3 is 0 Å². The number of fused-ring (bicyclic) bond motifs is 4. The quantitative estimate of drug-likeness (QED) is 0.371. The molecule has 0 N–H and O–H groups in total. The van der Waals surface area contributed by atoms with Crippen LogP contribution in [0.25, 0.3) is 38.8 Å². The highest BCUT2D eigenvalue weighted by Crippen LogP contribution is 2.29. The number of rotatable bonds is 3. The minimum atomic E-state index is 0.557. The standard InChI is InChI=1S/C23H15BrN6/c24-17-8-2-6-12-21(17)30-14-15(27-28-30)13-29-20-11-5-1-7-16(20)22-23(29)26-19-10-4-3-9-18(19)25-22/h1-12,14H,13H2. The Morgan fingerprint density at radius 1 is 0.800 bits per heavy atom. The van der Waals surface area contributed by atoms with Crippen molar-refractivity contribution in [1.29, 1.82) is 0 Å². The normalized spacial score (nSPS) is 11.6. The lowest BCUT2D eigenvalue weighted by molar-refractivity contribution is 0.779. The molecule has 0 bridgehead atoms. The van der Waals surface area contributed by atoms with Crippen molar-refractivity contribution in [3.05, 3.63) is 89.2 Å².